The van der Waals surface area contributed by atoms with Crippen LogP contribution in [0.1, 0.15) is 27.7 Å². The Morgan fingerprint density at radius 1 is 0.500 bits per heavy atom. The molecule has 0 bridgehead atoms. The molecule has 0 heterocycles. The van der Waals surface area contributed by atoms with Crippen LogP contribution in [0.3, 0.4) is 0 Å². The number of benzene rings is 2. The molecule has 0 aliphatic carbocycles. The maximum absolute atomic E-state index is 12.9. The summed E-state index contributed by atoms with van der Waals surface area (Å²) in [5.74, 6) is 0. The Morgan fingerprint density at radius 2 is 0.750 bits per heavy atom. The summed E-state index contributed by atoms with van der Waals surface area (Å²) in [6, 6.07) is 13.3. The molecule has 0 saturated heterocycles. The first-order valence-corrected chi connectivity index (χ1v) is 13.2. The van der Waals surface area contributed by atoms with Crippen molar-refractivity contribution in [3.05, 3.63) is 48.5 Å². The molecule has 0 saturated carbocycles. The van der Waals surface area contributed by atoms with Gasteiger partial charge in [0.25, 0.3) is 0 Å². The fourth-order valence-corrected chi connectivity index (χ4v) is 4.76. The monoisotopic (exact) mass is 490 g/mol. The second-order valence-corrected chi connectivity index (χ2v) is 9.63. The van der Waals surface area contributed by atoms with Crippen molar-refractivity contribution in [3.63, 3.8) is 0 Å². The summed E-state index contributed by atoms with van der Waals surface area (Å²) in [6.07, 6.45) is 0. The van der Waals surface area contributed by atoms with E-state index in [1.807, 2.05) is 0 Å². The molecule has 0 aromatic heterocycles. The van der Waals surface area contributed by atoms with Gasteiger partial charge >= 0.3 is 15.2 Å². The third-order valence-corrected chi connectivity index (χ3v) is 6.84. The Balaban J connectivity index is 2.23. The Hall–Kier alpha value is -1.42. The van der Waals surface area contributed by atoms with Gasteiger partial charge in [-0.05, 0) is 63.1 Å². The van der Waals surface area contributed by atoms with Gasteiger partial charge in [-0.15, -0.1) is 18.7 Å². The minimum atomic E-state index is -3.81. The quantitative estimate of drug-likeness (QED) is 0.195. The van der Waals surface area contributed by atoms with Crippen molar-refractivity contribution >= 4 is 25.8 Å². The average molecular weight is 490 g/mol. The number of hydrogen-bond donors (Lipinski definition) is 0. The summed E-state index contributed by atoms with van der Waals surface area (Å²) in [5.41, 5.74) is 1.59. The van der Waals surface area contributed by atoms with Gasteiger partial charge in [0.05, 0.1) is 37.0 Å². The minimum absolute atomic E-state index is 0.188. The molecule has 0 fully saturated rings. The third kappa shape index (κ3) is 7.30. The summed E-state index contributed by atoms with van der Waals surface area (Å²) in [7, 11) is -7.62. The molecule has 0 radical (unpaired) electrons. The van der Waals surface area contributed by atoms with E-state index in [9.17, 15) is 9.13 Å². The molecule has 2 aromatic carbocycles. The lowest BCUT2D eigenvalue weighted by Crippen LogP contribution is -2.12. The third-order valence-electron chi connectivity index (χ3n) is 3.78. The Labute approximate surface area is 187 Å². The van der Waals surface area contributed by atoms with Crippen LogP contribution in [0.2, 0.25) is 0 Å². The smallest absolute Gasteiger partial charge is 0.250 e. The van der Waals surface area contributed by atoms with Gasteiger partial charge in [0.2, 0.25) is 0 Å². The highest BCUT2D eigenvalue weighted by Gasteiger charge is 2.32. The van der Waals surface area contributed by atoms with E-state index in [0.29, 0.717) is 0 Å². The molecule has 0 aliphatic rings. The largest absolute Gasteiger partial charge is 0.414 e. The van der Waals surface area contributed by atoms with Crippen LogP contribution in [0.25, 0.3) is 11.1 Å². The molecular formula is C20H28O10P2. The zero-order chi connectivity index (χ0) is 23.5. The van der Waals surface area contributed by atoms with Crippen LogP contribution in [0.15, 0.2) is 48.5 Å². The Bertz CT molecular complexity index is 802. The van der Waals surface area contributed by atoms with Crippen LogP contribution in [0.4, 0.5) is 0 Å². The second kappa shape index (κ2) is 13.3. The van der Waals surface area contributed by atoms with Gasteiger partial charge in [-0.25, -0.2) is 28.7 Å². The normalized spacial score (nSPS) is 12.2. The van der Waals surface area contributed by atoms with Gasteiger partial charge in [-0.3, -0.25) is 0 Å². The minimum Gasteiger partial charge on any atom is -0.250 e. The zero-order valence-corrected chi connectivity index (χ0v) is 20.2. The van der Waals surface area contributed by atoms with E-state index in [4.69, 9.17) is 38.2 Å². The highest BCUT2D eigenvalue weighted by molar-refractivity contribution is 7.62. The molecule has 0 N–H and O–H groups in total. The summed E-state index contributed by atoms with van der Waals surface area (Å²) in [4.78, 5) is 19.3. The summed E-state index contributed by atoms with van der Waals surface area (Å²) >= 11 is 0. The van der Waals surface area contributed by atoms with Crippen LogP contribution >= 0.6 is 15.2 Å². The molecule has 2 rings (SSSR count). The molecule has 178 valence electrons. The molecule has 10 nitrogen and oxygen atoms in total. The lowest BCUT2D eigenvalue weighted by Gasteiger charge is -2.16. The fourth-order valence-electron chi connectivity index (χ4n) is 2.36. The Kier molecular flexibility index (Phi) is 11.2. The topological polar surface area (TPSA) is 108 Å². The highest BCUT2D eigenvalue weighted by atomic mass is 31.2. The first-order chi connectivity index (χ1) is 15.4. The standard InChI is InChI=1S/C20H28O10P2/c1-5-23-27-31(21,28-24-6-2)19-13-9-17(10-14-19)18-11-15-20(16-12-18)32(22,29-25-7-3)30-26-8-4/h9-16H,5-8H2,1-4H3. The van der Waals surface area contributed by atoms with E-state index >= 15 is 0 Å². The number of rotatable bonds is 15. The highest BCUT2D eigenvalue weighted by Crippen LogP contribution is 2.48. The maximum Gasteiger partial charge on any atom is 0.414 e. The van der Waals surface area contributed by atoms with E-state index in [0.717, 1.165) is 11.1 Å². The molecular weight excluding hydrogens is 462 g/mol. The molecule has 2 aromatic rings. The molecule has 32 heavy (non-hydrogen) atoms. The number of hydrogen-bond acceptors (Lipinski definition) is 10. The summed E-state index contributed by atoms with van der Waals surface area (Å²) in [6.45, 7) is 7.51. The van der Waals surface area contributed by atoms with Crippen molar-refractivity contribution in [3.8, 4) is 11.1 Å². The van der Waals surface area contributed by atoms with Crippen LogP contribution in [-0.4, -0.2) is 26.4 Å². The van der Waals surface area contributed by atoms with Crippen molar-refractivity contribution in [1.82, 2.24) is 0 Å². The predicted octanol–water partition coefficient (Wildman–Crippen LogP) is 4.86. The first-order valence-electron chi connectivity index (χ1n) is 10.1. The van der Waals surface area contributed by atoms with Gasteiger partial charge in [-0.2, -0.15) is 0 Å². The van der Waals surface area contributed by atoms with Crippen molar-refractivity contribution in [1.29, 1.82) is 0 Å². The maximum atomic E-state index is 12.9. The van der Waals surface area contributed by atoms with Crippen molar-refractivity contribution in [2.24, 2.45) is 0 Å². The van der Waals surface area contributed by atoms with Crippen LogP contribution < -0.4 is 10.6 Å². The molecule has 0 unspecified atom stereocenters. The Morgan fingerprint density at radius 3 is 0.969 bits per heavy atom. The lowest BCUT2D eigenvalue weighted by atomic mass is 10.1. The van der Waals surface area contributed by atoms with Crippen LogP contribution in [0, 0.1) is 0 Å². The van der Waals surface area contributed by atoms with Crippen molar-refractivity contribution in [2.45, 2.75) is 27.7 Å². The van der Waals surface area contributed by atoms with Gasteiger partial charge in [-0.1, -0.05) is 24.3 Å². The van der Waals surface area contributed by atoms with E-state index < -0.39 is 15.2 Å². The van der Waals surface area contributed by atoms with E-state index in [2.05, 4.69) is 0 Å². The molecule has 0 amide bonds. The van der Waals surface area contributed by atoms with Gasteiger partial charge in [0.1, 0.15) is 0 Å². The second-order valence-electron chi connectivity index (χ2n) is 6.01. The molecule has 0 atom stereocenters. The lowest BCUT2D eigenvalue weighted by molar-refractivity contribution is -0.260. The summed E-state index contributed by atoms with van der Waals surface area (Å²) in [5, 5.41) is 0.527. The van der Waals surface area contributed by atoms with E-state index in [1.54, 1.807) is 76.2 Å². The molecule has 0 spiro atoms. The predicted molar refractivity (Wildman–Crippen MR) is 117 cm³/mol. The molecule has 12 heteroatoms. The zero-order valence-electron chi connectivity index (χ0n) is 18.4. The average Bonchev–Trinajstić information content (AvgIpc) is 2.84. The van der Waals surface area contributed by atoms with Crippen molar-refractivity contribution < 1.29 is 47.4 Å². The molecule has 0 aliphatic heterocycles. The van der Waals surface area contributed by atoms with Crippen molar-refractivity contribution in [2.75, 3.05) is 26.4 Å². The van der Waals surface area contributed by atoms with Gasteiger partial charge in [0.15, 0.2) is 0 Å². The van der Waals surface area contributed by atoms with E-state index in [1.165, 1.54) is 0 Å². The van der Waals surface area contributed by atoms with Gasteiger partial charge in [0, 0.05) is 0 Å². The van der Waals surface area contributed by atoms with Gasteiger partial charge < -0.3 is 0 Å². The van der Waals surface area contributed by atoms with Crippen LogP contribution in [0.5, 0.6) is 0 Å². The SMILES string of the molecule is CCOOP(=O)(OOCC)c1ccc(-c2ccc(P(=O)(OOCC)OOCC)cc2)cc1. The first kappa shape index (κ1) is 26.8. The van der Waals surface area contributed by atoms with Crippen LogP contribution in [-0.2, 0) is 47.4 Å². The van der Waals surface area contributed by atoms with E-state index in [-0.39, 0.29) is 37.0 Å². The summed E-state index contributed by atoms with van der Waals surface area (Å²) < 4.78 is 45.7. The fraction of sp³-hybridized carbons (Fsp3) is 0.400.